The molecule has 0 atom stereocenters. The molecule has 0 aliphatic carbocycles. The van der Waals surface area contributed by atoms with Crippen molar-refractivity contribution in [2.24, 2.45) is 0 Å². The van der Waals surface area contributed by atoms with Crippen molar-refractivity contribution in [2.45, 2.75) is 25.7 Å². The van der Waals surface area contributed by atoms with Crippen LogP contribution in [0.3, 0.4) is 0 Å². The lowest BCUT2D eigenvalue weighted by atomic mass is 10.1. The Morgan fingerprint density at radius 1 is 1.15 bits per heavy atom. The van der Waals surface area contributed by atoms with Crippen LogP contribution in [0.25, 0.3) is 0 Å². The summed E-state index contributed by atoms with van der Waals surface area (Å²) in [5.41, 5.74) is 6.64. The molecule has 2 rings (SSSR count). The predicted octanol–water partition coefficient (Wildman–Crippen LogP) is 1.40. The normalized spacial score (nSPS) is 14.9. The van der Waals surface area contributed by atoms with Gasteiger partial charge in [-0.05, 0) is 31.4 Å². The third-order valence-electron chi connectivity index (χ3n) is 3.54. The molecule has 3 N–H and O–H groups in total. The van der Waals surface area contributed by atoms with Crippen LogP contribution in [0.2, 0.25) is 0 Å². The predicted molar refractivity (Wildman–Crippen MR) is 78.2 cm³/mol. The van der Waals surface area contributed by atoms with E-state index in [2.05, 4.69) is 5.32 Å². The number of nitrogens with one attached hydrogen (secondary N) is 1. The number of nitrogen functional groups attached to an aromatic ring is 1. The summed E-state index contributed by atoms with van der Waals surface area (Å²) in [5.74, 6) is -0.111. The maximum atomic E-state index is 11.9. The average molecular weight is 275 g/mol. The maximum Gasteiger partial charge on any atom is 0.253 e. The topological polar surface area (TPSA) is 75.4 Å². The number of anilines is 1. The summed E-state index contributed by atoms with van der Waals surface area (Å²) in [7, 11) is 0. The second-order valence-electron chi connectivity index (χ2n) is 5.03. The average Bonchev–Trinajstić information content (AvgIpc) is 2.48. The first kappa shape index (κ1) is 14.4. The van der Waals surface area contributed by atoms with Crippen molar-refractivity contribution in [3.63, 3.8) is 0 Å². The van der Waals surface area contributed by atoms with Gasteiger partial charge in [0.25, 0.3) is 5.91 Å². The SMILES string of the molecule is Nc1ccccc1C(=O)NCCC(=O)N1CCCCC1. The number of likely N-dealkylation sites (tertiary alicyclic amines) is 1. The quantitative estimate of drug-likeness (QED) is 0.816. The Hall–Kier alpha value is -2.04. The molecule has 5 heteroatoms. The number of hydrogen-bond acceptors (Lipinski definition) is 3. The van der Waals surface area contributed by atoms with Gasteiger partial charge in [0.1, 0.15) is 0 Å². The molecule has 1 aromatic rings. The van der Waals surface area contributed by atoms with Crippen molar-refractivity contribution in [2.75, 3.05) is 25.4 Å². The van der Waals surface area contributed by atoms with Crippen molar-refractivity contribution in [3.05, 3.63) is 29.8 Å². The molecular weight excluding hydrogens is 254 g/mol. The number of amides is 2. The molecule has 20 heavy (non-hydrogen) atoms. The summed E-state index contributed by atoms with van der Waals surface area (Å²) in [4.78, 5) is 25.7. The molecular formula is C15H21N3O2. The van der Waals surface area contributed by atoms with Crippen LogP contribution in [-0.4, -0.2) is 36.3 Å². The molecule has 108 valence electrons. The second-order valence-corrected chi connectivity index (χ2v) is 5.03. The van der Waals surface area contributed by atoms with Crippen LogP contribution in [0.1, 0.15) is 36.0 Å². The number of para-hydroxylation sites is 1. The van der Waals surface area contributed by atoms with E-state index in [0.717, 1.165) is 25.9 Å². The van der Waals surface area contributed by atoms with E-state index in [9.17, 15) is 9.59 Å². The van der Waals surface area contributed by atoms with Gasteiger partial charge in [0.05, 0.1) is 5.56 Å². The van der Waals surface area contributed by atoms with Crippen LogP contribution in [-0.2, 0) is 4.79 Å². The third kappa shape index (κ3) is 3.73. The molecule has 0 aromatic heterocycles. The zero-order chi connectivity index (χ0) is 14.4. The van der Waals surface area contributed by atoms with Gasteiger partial charge in [0.15, 0.2) is 0 Å². The van der Waals surface area contributed by atoms with Gasteiger partial charge in [-0.1, -0.05) is 12.1 Å². The number of carbonyl (C=O) groups excluding carboxylic acids is 2. The second kappa shape index (κ2) is 6.93. The van der Waals surface area contributed by atoms with Gasteiger partial charge in [0, 0.05) is 31.7 Å². The summed E-state index contributed by atoms with van der Waals surface area (Å²) >= 11 is 0. The van der Waals surface area contributed by atoms with Crippen LogP contribution < -0.4 is 11.1 Å². The van der Waals surface area contributed by atoms with Crippen molar-refractivity contribution < 1.29 is 9.59 Å². The van der Waals surface area contributed by atoms with E-state index in [1.165, 1.54) is 6.42 Å². The lowest BCUT2D eigenvalue weighted by Gasteiger charge is -2.26. The number of nitrogens with zero attached hydrogens (tertiary/aromatic N) is 1. The van der Waals surface area contributed by atoms with E-state index in [1.54, 1.807) is 24.3 Å². The number of benzene rings is 1. The Morgan fingerprint density at radius 3 is 2.55 bits per heavy atom. The monoisotopic (exact) mass is 275 g/mol. The van der Waals surface area contributed by atoms with Crippen molar-refractivity contribution in [1.29, 1.82) is 0 Å². The molecule has 0 saturated carbocycles. The Morgan fingerprint density at radius 2 is 1.85 bits per heavy atom. The fourth-order valence-electron chi connectivity index (χ4n) is 2.38. The van der Waals surface area contributed by atoms with E-state index in [-0.39, 0.29) is 11.8 Å². The van der Waals surface area contributed by atoms with Gasteiger partial charge in [-0.25, -0.2) is 0 Å². The summed E-state index contributed by atoms with van der Waals surface area (Å²) in [6.45, 7) is 2.04. The zero-order valence-electron chi connectivity index (χ0n) is 11.6. The molecule has 5 nitrogen and oxygen atoms in total. The molecule has 0 spiro atoms. The van der Waals surface area contributed by atoms with Gasteiger partial charge in [0.2, 0.25) is 5.91 Å². The summed E-state index contributed by atoms with van der Waals surface area (Å²) in [6.07, 6.45) is 3.71. The number of hydrogen-bond donors (Lipinski definition) is 2. The van der Waals surface area contributed by atoms with E-state index >= 15 is 0 Å². The molecule has 1 aliphatic heterocycles. The van der Waals surface area contributed by atoms with Crippen LogP contribution in [0.15, 0.2) is 24.3 Å². The van der Waals surface area contributed by atoms with Crippen molar-refractivity contribution >= 4 is 17.5 Å². The highest BCUT2D eigenvalue weighted by atomic mass is 16.2. The van der Waals surface area contributed by atoms with Gasteiger partial charge in [-0.3, -0.25) is 9.59 Å². The van der Waals surface area contributed by atoms with Crippen LogP contribution in [0.5, 0.6) is 0 Å². The largest absolute Gasteiger partial charge is 0.398 e. The number of carbonyl (C=O) groups is 2. The highest BCUT2D eigenvalue weighted by molar-refractivity contribution is 5.99. The Labute approximate surface area is 119 Å². The molecule has 0 bridgehead atoms. The molecule has 1 aromatic carbocycles. The number of rotatable bonds is 4. The minimum Gasteiger partial charge on any atom is -0.398 e. The molecule has 0 unspecified atom stereocenters. The molecule has 2 amide bonds. The van der Waals surface area contributed by atoms with E-state index in [1.807, 2.05) is 4.90 Å². The Balaban J connectivity index is 1.76. The number of nitrogens with two attached hydrogens (primary N) is 1. The third-order valence-corrected chi connectivity index (χ3v) is 3.54. The first-order valence-corrected chi connectivity index (χ1v) is 7.09. The van der Waals surface area contributed by atoms with Crippen LogP contribution in [0.4, 0.5) is 5.69 Å². The zero-order valence-corrected chi connectivity index (χ0v) is 11.6. The molecule has 1 fully saturated rings. The van der Waals surface area contributed by atoms with E-state index in [4.69, 9.17) is 5.73 Å². The van der Waals surface area contributed by atoms with E-state index < -0.39 is 0 Å². The molecule has 0 radical (unpaired) electrons. The maximum absolute atomic E-state index is 11.9. The highest BCUT2D eigenvalue weighted by Gasteiger charge is 2.16. The summed E-state index contributed by atoms with van der Waals surface area (Å²) < 4.78 is 0. The van der Waals surface area contributed by atoms with Crippen LogP contribution in [0, 0.1) is 0 Å². The minimum absolute atomic E-state index is 0.117. The van der Waals surface area contributed by atoms with Crippen molar-refractivity contribution in [1.82, 2.24) is 10.2 Å². The summed E-state index contributed by atoms with van der Waals surface area (Å²) in [5, 5.41) is 2.74. The van der Waals surface area contributed by atoms with Gasteiger partial charge >= 0.3 is 0 Å². The first-order valence-electron chi connectivity index (χ1n) is 7.09. The van der Waals surface area contributed by atoms with Crippen molar-refractivity contribution in [3.8, 4) is 0 Å². The van der Waals surface area contributed by atoms with Crippen LogP contribution >= 0.6 is 0 Å². The molecule has 1 heterocycles. The van der Waals surface area contributed by atoms with Gasteiger partial charge in [-0.2, -0.15) is 0 Å². The fraction of sp³-hybridized carbons (Fsp3) is 0.467. The number of piperidine rings is 1. The summed E-state index contributed by atoms with van der Waals surface area (Å²) in [6, 6.07) is 6.92. The van der Waals surface area contributed by atoms with Gasteiger partial charge < -0.3 is 16.0 Å². The molecule has 1 aliphatic rings. The smallest absolute Gasteiger partial charge is 0.253 e. The fourth-order valence-corrected chi connectivity index (χ4v) is 2.38. The lowest BCUT2D eigenvalue weighted by molar-refractivity contribution is -0.131. The molecule has 1 saturated heterocycles. The first-order chi connectivity index (χ1) is 9.68. The highest BCUT2D eigenvalue weighted by Crippen LogP contribution is 2.11. The Kier molecular flexibility index (Phi) is 4.98. The standard InChI is InChI=1S/C15H21N3O2/c16-13-7-3-2-6-12(13)15(20)17-9-8-14(19)18-10-4-1-5-11-18/h2-3,6-7H,1,4-5,8-11,16H2,(H,17,20). The minimum atomic E-state index is -0.227. The lowest BCUT2D eigenvalue weighted by Crippen LogP contribution is -2.37. The van der Waals surface area contributed by atoms with Gasteiger partial charge in [-0.15, -0.1) is 0 Å². The Bertz CT molecular complexity index is 482. The van der Waals surface area contributed by atoms with E-state index in [0.29, 0.717) is 24.2 Å².